The number of aromatic nitrogens is 1. The maximum atomic E-state index is 12.1. The molecule has 0 aliphatic carbocycles. The van der Waals surface area contributed by atoms with Gasteiger partial charge in [0, 0.05) is 18.3 Å². The van der Waals surface area contributed by atoms with Gasteiger partial charge in [-0.05, 0) is 29.9 Å². The largest absolute Gasteiger partial charge is 0.490 e. The Morgan fingerprint density at radius 3 is 3.22 bits per heavy atom. The molecule has 0 bridgehead atoms. The molecule has 1 atom stereocenters. The fraction of sp³-hybridized carbons (Fsp3) is 0.412. The molecule has 0 fully saturated rings. The molecule has 0 unspecified atom stereocenters. The lowest BCUT2D eigenvalue weighted by atomic mass is 10.1. The Labute approximate surface area is 144 Å². The summed E-state index contributed by atoms with van der Waals surface area (Å²) in [6, 6.07) is 6.13. The number of thiazole rings is 1. The van der Waals surface area contributed by atoms with Crippen molar-refractivity contribution in [3.05, 3.63) is 40.4 Å². The Morgan fingerprint density at radius 2 is 2.39 bits per heavy atom. The summed E-state index contributed by atoms with van der Waals surface area (Å²) in [7, 11) is 0. The van der Waals surface area contributed by atoms with Gasteiger partial charge in [0.05, 0.1) is 12.1 Å². The third-order valence-electron chi connectivity index (χ3n) is 3.59. The second-order valence-corrected chi connectivity index (χ2v) is 7.94. The topological polar surface area (TPSA) is 51.2 Å². The number of thioether (sulfide) groups is 1. The zero-order valence-corrected chi connectivity index (χ0v) is 14.9. The van der Waals surface area contributed by atoms with Gasteiger partial charge in [-0.25, -0.2) is 4.98 Å². The van der Waals surface area contributed by atoms with Gasteiger partial charge in [0.25, 0.3) is 0 Å². The summed E-state index contributed by atoms with van der Waals surface area (Å²) in [4.78, 5) is 16.5. The maximum absolute atomic E-state index is 12.1. The predicted molar refractivity (Wildman–Crippen MR) is 94.3 cm³/mol. The Kier molecular flexibility index (Phi) is 5.23. The second kappa shape index (κ2) is 7.36. The molecule has 4 nitrogen and oxygen atoms in total. The summed E-state index contributed by atoms with van der Waals surface area (Å²) < 4.78 is 6.72. The zero-order valence-electron chi connectivity index (χ0n) is 13.3. The number of fused-ring (bicyclic) bond motifs is 1. The van der Waals surface area contributed by atoms with Gasteiger partial charge in [0.15, 0.2) is 0 Å². The minimum Gasteiger partial charge on any atom is -0.490 e. The highest BCUT2D eigenvalue weighted by molar-refractivity contribution is 8.00. The molecule has 0 saturated heterocycles. The average Bonchev–Trinajstić information content (AvgIpc) is 3.10. The van der Waals surface area contributed by atoms with Crippen molar-refractivity contribution in [2.24, 2.45) is 0 Å². The molecule has 1 amide bonds. The van der Waals surface area contributed by atoms with Gasteiger partial charge < -0.3 is 10.1 Å². The normalized spacial score (nSPS) is 16.0. The lowest BCUT2D eigenvalue weighted by molar-refractivity contribution is -0.120. The van der Waals surface area contributed by atoms with Gasteiger partial charge in [0.2, 0.25) is 5.91 Å². The number of hydrogen-bond donors (Lipinski definition) is 1. The van der Waals surface area contributed by atoms with E-state index in [1.807, 2.05) is 17.5 Å². The van der Waals surface area contributed by atoms with E-state index in [0.717, 1.165) is 33.5 Å². The molecule has 2 heterocycles. The van der Waals surface area contributed by atoms with E-state index in [9.17, 15) is 4.79 Å². The van der Waals surface area contributed by atoms with Gasteiger partial charge in [-0.2, -0.15) is 0 Å². The van der Waals surface area contributed by atoms with Crippen molar-refractivity contribution in [3.63, 3.8) is 0 Å². The SMILES string of the molecule is CCSc1nc(CC(=O)NCc2ccc3c(c2)C[C@@H](C)O3)cs1. The predicted octanol–water partition coefficient (Wildman–Crippen LogP) is 3.44. The molecule has 1 N–H and O–H groups in total. The summed E-state index contributed by atoms with van der Waals surface area (Å²) in [5, 5.41) is 4.93. The van der Waals surface area contributed by atoms with Crippen LogP contribution in [0.5, 0.6) is 5.75 Å². The van der Waals surface area contributed by atoms with Gasteiger partial charge >= 0.3 is 0 Å². The van der Waals surface area contributed by atoms with E-state index >= 15 is 0 Å². The van der Waals surface area contributed by atoms with E-state index in [2.05, 4.69) is 30.2 Å². The number of amides is 1. The van der Waals surface area contributed by atoms with Crippen molar-refractivity contribution in [3.8, 4) is 5.75 Å². The fourth-order valence-corrected chi connectivity index (χ4v) is 4.31. The lowest BCUT2D eigenvalue weighted by Gasteiger charge is -2.06. The fourth-order valence-electron chi connectivity index (χ4n) is 2.57. The molecule has 1 aromatic carbocycles. The van der Waals surface area contributed by atoms with Crippen LogP contribution in [0.3, 0.4) is 0 Å². The molecule has 0 spiro atoms. The van der Waals surface area contributed by atoms with E-state index in [1.54, 1.807) is 23.1 Å². The van der Waals surface area contributed by atoms with E-state index < -0.39 is 0 Å². The number of nitrogens with zero attached hydrogens (tertiary/aromatic N) is 1. The molecule has 1 aliphatic heterocycles. The van der Waals surface area contributed by atoms with Gasteiger partial charge in [-0.1, -0.05) is 30.8 Å². The summed E-state index contributed by atoms with van der Waals surface area (Å²) in [5.74, 6) is 1.98. The number of carbonyl (C=O) groups excluding carboxylic acids is 1. The number of hydrogen-bond acceptors (Lipinski definition) is 5. The molecule has 122 valence electrons. The van der Waals surface area contributed by atoms with Gasteiger partial charge in [0.1, 0.15) is 16.2 Å². The van der Waals surface area contributed by atoms with Crippen LogP contribution in [-0.4, -0.2) is 22.7 Å². The van der Waals surface area contributed by atoms with E-state index in [-0.39, 0.29) is 12.0 Å². The third kappa shape index (κ3) is 4.26. The van der Waals surface area contributed by atoms with Crippen molar-refractivity contribution < 1.29 is 9.53 Å². The second-order valence-electron chi connectivity index (χ2n) is 5.57. The Balaban J connectivity index is 1.52. The first-order valence-corrected chi connectivity index (χ1v) is 9.63. The van der Waals surface area contributed by atoms with Crippen LogP contribution in [0.1, 0.15) is 30.7 Å². The van der Waals surface area contributed by atoms with Gasteiger partial charge in [-0.15, -0.1) is 11.3 Å². The smallest absolute Gasteiger partial charge is 0.226 e. The molecule has 6 heteroatoms. The van der Waals surface area contributed by atoms with Crippen LogP contribution in [-0.2, 0) is 24.2 Å². The van der Waals surface area contributed by atoms with Crippen LogP contribution in [0.4, 0.5) is 0 Å². The average molecular weight is 348 g/mol. The molecule has 0 saturated carbocycles. The maximum Gasteiger partial charge on any atom is 0.226 e. The monoisotopic (exact) mass is 348 g/mol. The van der Waals surface area contributed by atoms with E-state index in [1.165, 1.54) is 5.56 Å². The van der Waals surface area contributed by atoms with Crippen LogP contribution in [0.2, 0.25) is 0 Å². The molecule has 2 aromatic rings. The van der Waals surface area contributed by atoms with Crippen LogP contribution >= 0.6 is 23.1 Å². The first-order valence-electron chi connectivity index (χ1n) is 7.76. The molecule has 0 radical (unpaired) electrons. The minimum absolute atomic E-state index is 0.00784. The van der Waals surface area contributed by atoms with Crippen molar-refractivity contribution >= 4 is 29.0 Å². The van der Waals surface area contributed by atoms with E-state index in [0.29, 0.717) is 13.0 Å². The van der Waals surface area contributed by atoms with Crippen molar-refractivity contribution in [1.29, 1.82) is 0 Å². The Hall–Kier alpha value is -1.53. The number of nitrogens with one attached hydrogen (secondary N) is 1. The van der Waals surface area contributed by atoms with Crippen LogP contribution in [0, 0.1) is 0 Å². The molecular formula is C17H20N2O2S2. The quantitative estimate of drug-likeness (QED) is 0.813. The summed E-state index contributed by atoms with van der Waals surface area (Å²) in [6.07, 6.45) is 1.52. The number of benzene rings is 1. The Bertz CT molecular complexity index is 700. The van der Waals surface area contributed by atoms with Crippen LogP contribution in [0.25, 0.3) is 0 Å². The first-order chi connectivity index (χ1) is 11.1. The number of rotatable bonds is 6. The first kappa shape index (κ1) is 16.3. The molecule has 1 aliphatic rings. The zero-order chi connectivity index (χ0) is 16.2. The van der Waals surface area contributed by atoms with Crippen LogP contribution in [0.15, 0.2) is 27.9 Å². The Morgan fingerprint density at radius 1 is 1.52 bits per heavy atom. The third-order valence-corrected chi connectivity index (χ3v) is 5.54. The highest BCUT2D eigenvalue weighted by atomic mass is 32.2. The van der Waals surface area contributed by atoms with Crippen molar-refractivity contribution in [1.82, 2.24) is 10.3 Å². The van der Waals surface area contributed by atoms with Gasteiger partial charge in [-0.3, -0.25) is 4.79 Å². The lowest BCUT2D eigenvalue weighted by Crippen LogP contribution is -2.24. The van der Waals surface area contributed by atoms with Crippen molar-refractivity contribution in [2.75, 3.05) is 5.75 Å². The van der Waals surface area contributed by atoms with Crippen LogP contribution < -0.4 is 10.1 Å². The molecule has 23 heavy (non-hydrogen) atoms. The number of carbonyl (C=O) groups is 1. The highest BCUT2D eigenvalue weighted by Gasteiger charge is 2.18. The summed E-state index contributed by atoms with van der Waals surface area (Å²) in [6.45, 7) is 4.71. The van der Waals surface area contributed by atoms with E-state index in [4.69, 9.17) is 4.74 Å². The van der Waals surface area contributed by atoms with Crippen molar-refractivity contribution in [2.45, 2.75) is 43.7 Å². The number of ether oxygens (including phenoxy) is 1. The standard InChI is InChI=1S/C17H20N2O2S2/c1-3-22-17-19-14(10-23-17)8-16(20)18-9-12-4-5-15-13(7-12)6-11(2)21-15/h4-5,7,10-11H,3,6,8-9H2,1-2H3,(H,18,20)/t11-/m1/s1. The summed E-state index contributed by atoms with van der Waals surface area (Å²) in [5.41, 5.74) is 3.18. The molecule has 1 aromatic heterocycles. The molecular weight excluding hydrogens is 328 g/mol. The minimum atomic E-state index is 0.00784. The molecule has 3 rings (SSSR count). The highest BCUT2D eigenvalue weighted by Crippen LogP contribution is 2.29. The summed E-state index contributed by atoms with van der Waals surface area (Å²) >= 11 is 3.31.